The third kappa shape index (κ3) is 19.1. The van der Waals surface area contributed by atoms with E-state index in [4.69, 9.17) is 23.7 Å². The van der Waals surface area contributed by atoms with Crippen LogP contribution in [0.5, 0.6) is 11.5 Å². The Morgan fingerprint density at radius 1 is 0.899 bits per heavy atom. The van der Waals surface area contributed by atoms with Crippen molar-refractivity contribution in [2.24, 2.45) is 17.3 Å². The lowest BCUT2D eigenvalue weighted by Gasteiger charge is -2.35. The van der Waals surface area contributed by atoms with Gasteiger partial charge in [-0.15, -0.1) is 16.4 Å². The van der Waals surface area contributed by atoms with Gasteiger partial charge in [-0.2, -0.15) is 0 Å². The van der Waals surface area contributed by atoms with Gasteiger partial charge in [0, 0.05) is 38.4 Å². The lowest BCUT2D eigenvalue weighted by atomic mass is 9.85. The number of nitrogens with zero attached hydrogens (tertiary/aromatic N) is 5. The first-order chi connectivity index (χ1) is 37.8. The van der Waals surface area contributed by atoms with E-state index in [-0.39, 0.29) is 94.3 Å². The fourth-order valence-corrected chi connectivity index (χ4v) is 9.86. The number of benzene rings is 2. The van der Waals surface area contributed by atoms with Crippen LogP contribution in [0.4, 0.5) is 4.79 Å². The van der Waals surface area contributed by atoms with Gasteiger partial charge in [-0.3, -0.25) is 24.0 Å². The predicted molar refractivity (Wildman–Crippen MR) is 291 cm³/mol. The smallest absolute Gasteiger partial charge is 0.413 e. The molecule has 2 saturated heterocycles. The molecular formula is C55H78N10O13S. The van der Waals surface area contributed by atoms with E-state index in [9.17, 15) is 39.0 Å². The predicted octanol–water partition coefficient (Wildman–Crippen LogP) is 3.35. The fourth-order valence-electron chi connectivity index (χ4n) is 9.04. The first kappa shape index (κ1) is 61.6. The molecule has 6 atom stereocenters. The minimum Gasteiger partial charge on any atom is -0.487 e. The second-order valence-electron chi connectivity index (χ2n) is 21.3. The molecule has 0 unspecified atom stereocenters. The maximum atomic E-state index is 14.0. The molecule has 432 valence electrons. The van der Waals surface area contributed by atoms with Crippen LogP contribution in [-0.4, -0.2) is 160 Å². The average molecular weight is 1120 g/mol. The molecule has 2 aromatic heterocycles. The molecule has 23 nitrogen and oxygen atoms in total. The Balaban J connectivity index is 0.816. The minimum atomic E-state index is -0.951. The summed E-state index contributed by atoms with van der Waals surface area (Å²) in [6.07, 6.45) is -0.356. The van der Waals surface area contributed by atoms with Crippen LogP contribution in [0.2, 0.25) is 0 Å². The van der Waals surface area contributed by atoms with Crippen LogP contribution in [0, 0.1) is 31.1 Å². The number of likely N-dealkylation sites (tertiary alicyclic amines) is 1. The van der Waals surface area contributed by atoms with Crippen LogP contribution in [0.3, 0.4) is 0 Å². The lowest BCUT2D eigenvalue weighted by molar-refractivity contribution is -0.144. The molecule has 0 bridgehead atoms. The highest BCUT2D eigenvalue weighted by atomic mass is 32.1. The van der Waals surface area contributed by atoms with E-state index >= 15 is 0 Å². The van der Waals surface area contributed by atoms with Crippen molar-refractivity contribution >= 4 is 47.0 Å². The number of aromatic nitrogens is 4. The van der Waals surface area contributed by atoms with Gasteiger partial charge in [-0.1, -0.05) is 64.1 Å². The van der Waals surface area contributed by atoms with Gasteiger partial charge in [0.15, 0.2) is 0 Å². The molecule has 6 rings (SSSR count). The Morgan fingerprint density at radius 3 is 2.22 bits per heavy atom. The number of nitrogens with one attached hydrogen (secondary N) is 5. The third-order valence-corrected chi connectivity index (χ3v) is 14.5. The lowest BCUT2D eigenvalue weighted by Crippen LogP contribution is -2.57. The second-order valence-corrected chi connectivity index (χ2v) is 22.1. The molecule has 2 aliphatic heterocycles. The van der Waals surface area contributed by atoms with Crippen LogP contribution < -0.4 is 36.1 Å². The number of aliphatic hydroxyl groups is 2. The molecule has 0 aliphatic carbocycles. The molecule has 4 aromatic rings. The van der Waals surface area contributed by atoms with Crippen molar-refractivity contribution < 1.29 is 62.7 Å². The molecule has 24 heteroatoms. The standard InChI is InChI=1S/C55H78N10O13S/c1-34(2)26-44(51(70)59-40(31-66)27-39-16-18-56-50(39)69)60-54(73)78-43-14-12-42(13-15-43)77-32-45-36(4)65(63-62-45)19-21-75-23-25-76-24-22-74-20-17-47(68)61-49(55(5,6)7)53(72)64-30-41(67)28-46(64)52(71)57-29-37-8-10-38(11-9-37)48-35(3)58-33-79-48/h8-15,33-34,39-41,44,46,49,66-67H,16-32H2,1-7H3,(H,56,69)(H,57,71)(H,59,70)(H,60,73)(H,61,68)/t39-,40-,41+,44-,46-,49+/m0/s1. The fraction of sp³-hybridized carbons (Fsp3) is 0.582. The van der Waals surface area contributed by atoms with Crippen LogP contribution in [0.1, 0.15) is 89.4 Å². The van der Waals surface area contributed by atoms with Crippen LogP contribution in [0.15, 0.2) is 54.0 Å². The molecule has 79 heavy (non-hydrogen) atoms. The molecule has 2 aliphatic rings. The number of hydrogen-bond donors (Lipinski definition) is 7. The van der Waals surface area contributed by atoms with Crippen molar-refractivity contribution in [2.75, 3.05) is 59.3 Å². The quantitative estimate of drug-likeness (QED) is 0.0369. The maximum absolute atomic E-state index is 14.0. The SMILES string of the molecule is Cc1ncsc1-c1ccc(CNC(=O)[C@@H]2C[C@@H](O)CN2C(=O)[C@@H](NC(=O)CCOCCOCCOCCn2nnc(COc3ccc(OC(=O)N[C@@H](CC(C)C)C(=O)N[C@H](CO)C[C@@H]4CCNC4=O)cc3)c2C)C(C)(C)C)cc1. The summed E-state index contributed by atoms with van der Waals surface area (Å²) >= 11 is 1.57. The Labute approximate surface area is 465 Å². The van der Waals surface area contributed by atoms with E-state index < -0.39 is 53.6 Å². The number of aryl methyl sites for hydroxylation is 1. The van der Waals surface area contributed by atoms with Gasteiger partial charge in [0.2, 0.25) is 29.5 Å². The van der Waals surface area contributed by atoms with Gasteiger partial charge < -0.3 is 65.4 Å². The van der Waals surface area contributed by atoms with E-state index in [0.29, 0.717) is 63.6 Å². The minimum absolute atomic E-state index is 0.00142. The van der Waals surface area contributed by atoms with Gasteiger partial charge in [0.05, 0.1) is 86.7 Å². The van der Waals surface area contributed by atoms with E-state index in [2.05, 4.69) is 41.9 Å². The monoisotopic (exact) mass is 1120 g/mol. The molecule has 7 N–H and O–H groups in total. The zero-order valence-electron chi connectivity index (χ0n) is 46.3. The van der Waals surface area contributed by atoms with Crippen LogP contribution in [-0.2, 0) is 57.9 Å². The Kier molecular flexibility index (Phi) is 23.5. The number of carbonyl (C=O) groups excluding carboxylic acids is 6. The Morgan fingerprint density at radius 2 is 1.58 bits per heavy atom. The number of β-amino-alcohol motifs (C(OH)–C–C–N with tert-alkyl or cyclic N) is 1. The number of carbonyl (C=O) groups is 6. The van der Waals surface area contributed by atoms with Gasteiger partial charge in [0.1, 0.15) is 41.9 Å². The van der Waals surface area contributed by atoms with Crippen molar-refractivity contribution in [2.45, 2.75) is 131 Å². The number of thiazole rings is 1. The van der Waals surface area contributed by atoms with E-state index in [1.54, 1.807) is 45.8 Å². The molecule has 0 radical (unpaired) electrons. The Bertz CT molecular complexity index is 2620. The second kappa shape index (κ2) is 30.1. The van der Waals surface area contributed by atoms with Crippen LogP contribution in [0.25, 0.3) is 10.4 Å². The van der Waals surface area contributed by atoms with E-state index in [0.717, 1.165) is 27.4 Å². The highest BCUT2D eigenvalue weighted by Crippen LogP contribution is 2.29. The summed E-state index contributed by atoms with van der Waals surface area (Å²) < 4.78 is 30.1. The van der Waals surface area contributed by atoms with Crippen molar-refractivity contribution in [1.82, 2.24) is 51.5 Å². The third-order valence-electron chi connectivity index (χ3n) is 13.5. The molecule has 2 aromatic carbocycles. The topological polar surface area (TPSA) is 296 Å². The van der Waals surface area contributed by atoms with Crippen LogP contribution >= 0.6 is 11.3 Å². The van der Waals surface area contributed by atoms with Gasteiger partial charge in [-0.25, -0.2) is 14.5 Å². The first-order valence-corrected chi connectivity index (χ1v) is 27.7. The molecule has 0 saturated carbocycles. The maximum Gasteiger partial charge on any atom is 0.413 e. The summed E-state index contributed by atoms with van der Waals surface area (Å²) in [7, 11) is 0. The number of rotatable bonds is 30. The summed E-state index contributed by atoms with van der Waals surface area (Å²) in [4.78, 5) is 85.3. The largest absolute Gasteiger partial charge is 0.487 e. The normalized spacial score (nSPS) is 17.5. The van der Waals surface area contributed by atoms with Crippen molar-refractivity contribution in [3.05, 3.63) is 76.7 Å². The van der Waals surface area contributed by atoms with Crippen molar-refractivity contribution in [1.29, 1.82) is 0 Å². The number of aliphatic hydroxyl groups excluding tert-OH is 2. The molecule has 2 fully saturated rings. The summed E-state index contributed by atoms with van der Waals surface area (Å²) in [6.45, 7) is 15.8. The number of hydrogen-bond acceptors (Lipinski definition) is 17. The average Bonchev–Trinajstić information content (AvgIpc) is 4.24. The summed E-state index contributed by atoms with van der Waals surface area (Å²) in [6, 6.07) is 10.8. The van der Waals surface area contributed by atoms with Crippen molar-refractivity contribution in [3.8, 4) is 21.9 Å². The van der Waals surface area contributed by atoms with E-state index in [1.807, 2.05) is 72.7 Å². The number of amides is 6. The van der Waals surface area contributed by atoms with E-state index in [1.165, 1.54) is 4.90 Å². The Hall–Kier alpha value is -6.57. The van der Waals surface area contributed by atoms with Gasteiger partial charge in [0.25, 0.3) is 0 Å². The summed E-state index contributed by atoms with van der Waals surface area (Å²) in [5, 5.41) is 42.8. The molecule has 4 heterocycles. The zero-order valence-corrected chi connectivity index (χ0v) is 47.1. The number of ether oxygens (including phenoxy) is 5. The molecular weight excluding hydrogens is 1040 g/mol. The summed E-state index contributed by atoms with van der Waals surface area (Å²) in [5.41, 5.74) is 5.42. The first-order valence-electron chi connectivity index (χ1n) is 26.9. The molecule has 0 spiro atoms. The van der Waals surface area contributed by atoms with Crippen molar-refractivity contribution in [3.63, 3.8) is 0 Å². The van der Waals surface area contributed by atoms with Gasteiger partial charge in [-0.05, 0) is 79.8 Å². The highest BCUT2D eigenvalue weighted by molar-refractivity contribution is 7.13. The zero-order chi connectivity index (χ0) is 57.1. The molecule has 6 amide bonds. The van der Waals surface area contributed by atoms with Gasteiger partial charge >= 0.3 is 6.09 Å². The summed E-state index contributed by atoms with van der Waals surface area (Å²) in [5.74, 6) is -1.28. The highest BCUT2D eigenvalue weighted by Gasteiger charge is 2.44.